The van der Waals surface area contributed by atoms with Gasteiger partial charge in [-0.15, -0.1) is 11.3 Å². The molecule has 0 saturated heterocycles. The van der Waals surface area contributed by atoms with E-state index in [1.807, 2.05) is 41.7 Å². The summed E-state index contributed by atoms with van der Waals surface area (Å²) in [5.41, 5.74) is 5.89. The zero-order valence-corrected chi connectivity index (χ0v) is 27.0. The summed E-state index contributed by atoms with van der Waals surface area (Å²) in [6.07, 6.45) is 0. The van der Waals surface area contributed by atoms with Crippen LogP contribution in [0, 0.1) is 0 Å². The van der Waals surface area contributed by atoms with Crippen molar-refractivity contribution >= 4 is 64.0 Å². The normalized spacial score (nSPS) is 11.7. The Morgan fingerprint density at radius 3 is 1.76 bits per heavy atom. The molecular weight excluding hydrogens is 617 g/mol. The van der Waals surface area contributed by atoms with E-state index in [1.54, 1.807) is 0 Å². The van der Waals surface area contributed by atoms with E-state index >= 15 is 0 Å². The summed E-state index contributed by atoms with van der Waals surface area (Å²) in [4.78, 5) is 20.5. The van der Waals surface area contributed by atoms with Gasteiger partial charge >= 0.3 is 0 Å². The molecular formula is C44H26N4S. The summed E-state index contributed by atoms with van der Waals surface area (Å²) in [5, 5.41) is 8.27. The first kappa shape index (κ1) is 27.8. The smallest absolute Gasteiger partial charge is 0.164 e. The number of thiophene rings is 1. The van der Waals surface area contributed by atoms with Crippen LogP contribution in [-0.2, 0) is 0 Å². The number of hydrogen-bond donors (Lipinski definition) is 0. The van der Waals surface area contributed by atoms with Crippen LogP contribution in [0.15, 0.2) is 158 Å². The van der Waals surface area contributed by atoms with Crippen LogP contribution in [-0.4, -0.2) is 19.9 Å². The van der Waals surface area contributed by atoms with Gasteiger partial charge < -0.3 is 0 Å². The van der Waals surface area contributed by atoms with Crippen molar-refractivity contribution in [3.63, 3.8) is 0 Å². The maximum atomic E-state index is 5.23. The molecule has 0 radical (unpaired) electrons. The molecule has 0 aliphatic heterocycles. The van der Waals surface area contributed by atoms with E-state index in [2.05, 4.69) is 127 Å². The fourth-order valence-corrected chi connectivity index (χ4v) is 8.21. The number of benzene rings is 7. The molecule has 10 aromatic rings. The third kappa shape index (κ3) is 4.59. The summed E-state index contributed by atoms with van der Waals surface area (Å²) in [5.74, 6) is 1.92. The zero-order chi connectivity index (χ0) is 32.3. The highest BCUT2D eigenvalue weighted by atomic mass is 32.1. The van der Waals surface area contributed by atoms with E-state index in [-0.39, 0.29) is 0 Å². The minimum Gasteiger partial charge on any atom is -0.247 e. The first-order valence-electron chi connectivity index (χ1n) is 16.3. The number of pyridine rings is 1. The Hall–Kier alpha value is -6.30. The van der Waals surface area contributed by atoms with Crippen molar-refractivity contribution in [2.24, 2.45) is 0 Å². The number of para-hydroxylation sites is 1. The van der Waals surface area contributed by atoms with Crippen LogP contribution < -0.4 is 0 Å². The van der Waals surface area contributed by atoms with E-state index in [4.69, 9.17) is 19.9 Å². The highest BCUT2D eigenvalue weighted by Crippen LogP contribution is 2.43. The first-order valence-corrected chi connectivity index (χ1v) is 17.1. The Balaban J connectivity index is 1.16. The standard InChI is InChI=1S/C44H26N4S/c1-2-12-28(13-3-1)42-46-43(48-44(47-42)36-26-30-14-4-5-15-31(30)32-16-6-7-17-33(32)36)29-24-22-27(23-25-29)40-39-35-19-9-11-21-38(35)49-41(39)34-18-8-10-20-37(34)45-40/h1-26H. The molecule has 228 valence electrons. The van der Waals surface area contributed by atoms with Crippen LogP contribution in [0.4, 0.5) is 0 Å². The molecule has 3 aromatic heterocycles. The number of hydrogen-bond acceptors (Lipinski definition) is 5. The molecule has 49 heavy (non-hydrogen) atoms. The van der Waals surface area contributed by atoms with Crippen molar-refractivity contribution < 1.29 is 0 Å². The number of rotatable bonds is 4. The minimum atomic E-state index is 0.630. The molecule has 5 heteroatoms. The quantitative estimate of drug-likeness (QED) is 0.179. The molecule has 0 aliphatic carbocycles. The van der Waals surface area contributed by atoms with Gasteiger partial charge in [-0.3, -0.25) is 0 Å². The van der Waals surface area contributed by atoms with Crippen LogP contribution >= 0.6 is 11.3 Å². The van der Waals surface area contributed by atoms with Gasteiger partial charge in [0.05, 0.1) is 11.2 Å². The lowest BCUT2D eigenvalue weighted by Crippen LogP contribution is -2.00. The van der Waals surface area contributed by atoms with Crippen LogP contribution in [0.5, 0.6) is 0 Å². The van der Waals surface area contributed by atoms with Gasteiger partial charge in [0.15, 0.2) is 17.5 Å². The Kier molecular flexibility index (Phi) is 6.32. The fourth-order valence-electron chi connectivity index (χ4n) is 6.98. The van der Waals surface area contributed by atoms with Crippen molar-refractivity contribution in [2.75, 3.05) is 0 Å². The van der Waals surface area contributed by atoms with Gasteiger partial charge in [-0.25, -0.2) is 19.9 Å². The van der Waals surface area contributed by atoms with Crippen LogP contribution in [0.3, 0.4) is 0 Å². The predicted octanol–water partition coefficient (Wildman–Crippen LogP) is 11.8. The van der Waals surface area contributed by atoms with E-state index in [0.717, 1.165) is 44.2 Å². The van der Waals surface area contributed by atoms with Crippen LogP contribution in [0.1, 0.15) is 0 Å². The Morgan fingerprint density at radius 2 is 0.959 bits per heavy atom. The topological polar surface area (TPSA) is 51.6 Å². The highest BCUT2D eigenvalue weighted by molar-refractivity contribution is 7.26. The lowest BCUT2D eigenvalue weighted by molar-refractivity contribution is 1.08. The second kappa shape index (κ2) is 11.2. The number of fused-ring (bicyclic) bond motifs is 8. The third-order valence-electron chi connectivity index (χ3n) is 9.31. The van der Waals surface area contributed by atoms with Gasteiger partial charge in [0.25, 0.3) is 0 Å². The van der Waals surface area contributed by atoms with Gasteiger partial charge in [-0.2, -0.15) is 0 Å². The van der Waals surface area contributed by atoms with E-state index in [9.17, 15) is 0 Å². The average molecular weight is 643 g/mol. The molecule has 0 amide bonds. The van der Waals surface area contributed by atoms with Gasteiger partial charge in [-0.1, -0.05) is 140 Å². The zero-order valence-electron chi connectivity index (χ0n) is 26.2. The fraction of sp³-hybridized carbons (Fsp3) is 0. The molecule has 0 fully saturated rings. The molecule has 0 saturated carbocycles. The maximum Gasteiger partial charge on any atom is 0.164 e. The van der Waals surface area contributed by atoms with Crippen molar-refractivity contribution in [1.82, 2.24) is 19.9 Å². The summed E-state index contributed by atoms with van der Waals surface area (Å²) in [6.45, 7) is 0. The Labute approximate surface area is 286 Å². The second-order valence-corrected chi connectivity index (χ2v) is 13.3. The van der Waals surface area contributed by atoms with E-state index < -0.39 is 0 Å². The molecule has 0 unspecified atom stereocenters. The second-order valence-electron chi connectivity index (χ2n) is 12.2. The summed E-state index contributed by atoms with van der Waals surface area (Å²) in [6, 6.07) is 54.9. The Morgan fingerprint density at radius 1 is 0.388 bits per heavy atom. The number of aromatic nitrogens is 4. The monoisotopic (exact) mass is 642 g/mol. The molecule has 3 heterocycles. The molecule has 10 rings (SSSR count). The average Bonchev–Trinajstić information content (AvgIpc) is 3.58. The van der Waals surface area contributed by atoms with Crippen molar-refractivity contribution in [1.29, 1.82) is 0 Å². The minimum absolute atomic E-state index is 0.630. The van der Waals surface area contributed by atoms with Crippen molar-refractivity contribution in [3.8, 4) is 45.4 Å². The van der Waals surface area contributed by atoms with Crippen molar-refractivity contribution in [2.45, 2.75) is 0 Å². The molecule has 0 bridgehead atoms. The lowest BCUT2D eigenvalue weighted by Gasteiger charge is -2.13. The van der Waals surface area contributed by atoms with Gasteiger partial charge in [0.1, 0.15) is 0 Å². The predicted molar refractivity (Wildman–Crippen MR) is 205 cm³/mol. The third-order valence-corrected chi connectivity index (χ3v) is 10.5. The van der Waals surface area contributed by atoms with Gasteiger partial charge in [-0.05, 0) is 39.7 Å². The largest absolute Gasteiger partial charge is 0.247 e. The van der Waals surface area contributed by atoms with Crippen molar-refractivity contribution in [3.05, 3.63) is 158 Å². The lowest BCUT2D eigenvalue weighted by atomic mass is 9.97. The highest BCUT2D eigenvalue weighted by Gasteiger charge is 2.18. The molecule has 7 aromatic carbocycles. The Bertz CT molecular complexity index is 2880. The molecule has 4 nitrogen and oxygen atoms in total. The summed E-state index contributed by atoms with van der Waals surface area (Å²) < 4.78 is 2.53. The summed E-state index contributed by atoms with van der Waals surface area (Å²) in [7, 11) is 0. The summed E-state index contributed by atoms with van der Waals surface area (Å²) >= 11 is 1.83. The molecule has 0 N–H and O–H groups in total. The van der Waals surface area contributed by atoms with Gasteiger partial charge in [0.2, 0.25) is 0 Å². The van der Waals surface area contributed by atoms with Crippen LogP contribution in [0.25, 0.3) is 98.0 Å². The van der Waals surface area contributed by atoms with E-state index in [1.165, 1.54) is 36.3 Å². The molecule has 0 spiro atoms. The first-order chi connectivity index (χ1) is 24.3. The number of nitrogens with zero attached hydrogens (tertiary/aromatic N) is 4. The maximum absolute atomic E-state index is 5.23. The molecule has 0 atom stereocenters. The molecule has 0 aliphatic rings. The van der Waals surface area contributed by atoms with E-state index in [0.29, 0.717) is 17.5 Å². The van der Waals surface area contributed by atoms with Gasteiger partial charge in [0, 0.05) is 47.8 Å². The SMILES string of the molecule is c1ccc(-c2nc(-c3ccc(-c4nc5ccccc5c5sc6ccccc6c45)cc3)nc(-c3cc4ccccc4c4ccccc34)n2)cc1. The van der Waals surface area contributed by atoms with Crippen LogP contribution in [0.2, 0.25) is 0 Å².